The van der Waals surface area contributed by atoms with Crippen molar-refractivity contribution < 1.29 is 9.18 Å². The molecule has 1 amide bonds. The second-order valence-corrected chi connectivity index (χ2v) is 4.81. The van der Waals surface area contributed by atoms with E-state index < -0.39 is 0 Å². The molecule has 1 aromatic carbocycles. The van der Waals surface area contributed by atoms with Crippen LogP contribution in [-0.2, 0) is 0 Å². The quantitative estimate of drug-likeness (QED) is 0.853. The van der Waals surface area contributed by atoms with Crippen LogP contribution in [0.4, 0.5) is 4.39 Å². The summed E-state index contributed by atoms with van der Waals surface area (Å²) in [6, 6.07) is 4.46. The summed E-state index contributed by atoms with van der Waals surface area (Å²) in [4.78, 5) is 11.8. The van der Waals surface area contributed by atoms with Gasteiger partial charge in [-0.05, 0) is 43.0 Å². The van der Waals surface area contributed by atoms with Crippen LogP contribution < -0.4 is 5.32 Å². The molecule has 1 saturated carbocycles. The summed E-state index contributed by atoms with van der Waals surface area (Å²) in [5.41, 5.74) is 1.05. The highest BCUT2D eigenvalue weighted by molar-refractivity contribution is 5.94. The van der Waals surface area contributed by atoms with Gasteiger partial charge in [-0.1, -0.05) is 19.3 Å². The molecule has 0 unspecified atom stereocenters. The van der Waals surface area contributed by atoms with Crippen molar-refractivity contribution in [2.75, 3.05) is 6.54 Å². The third-order valence-electron chi connectivity index (χ3n) is 3.48. The fourth-order valence-electron chi connectivity index (χ4n) is 2.06. The van der Waals surface area contributed by atoms with Gasteiger partial charge in [-0.25, -0.2) is 4.39 Å². The Morgan fingerprint density at radius 2 is 2.24 bits per heavy atom. The van der Waals surface area contributed by atoms with Gasteiger partial charge in [0.15, 0.2) is 0 Å². The molecule has 0 heterocycles. The summed E-state index contributed by atoms with van der Waals surface area (Å²) in [6.45, 7) is 2.39. The molecule has 1 aromatic rings. The van der Waals surface area contributed by atoms with Crippen molar-refractivity contribution in [1.82, 2.24) is 5.32 Å². The Morgan fingerprint density at radius 3 is 2.82 bits per heavy atom. The highest BCUT2D eigenvalue weighted by Gasteiger charge is 2.17. The average Bonchev–Trinajstić information content (AvgIpc) is 2.25. The molecule has 17 heavy (non-hydrogen) atoms. The number of carbonyl (C=O) groups is 1. The molecule has 1 aliphatic carbocycles. The van der Waals surface area contributed by atoms with Crippen LogP contribution in [0, 0.1) is 18.7 Å². The minimum absolute atomic E-state index is 0.104. The Balaban J connectivity index is 1.83. The zero-order valence-electron chi connectivity index (χ0n) is 10.1. The topological polar surface area (TPSA) is 29.1 Å². The summed E-state index contributed by atoms with van der Waals surface area (Å²) >= 11 is 0. The number of aryl methyl sites for hydroxylation is 1. The monoisotopic (exact) mass is 235 g/mol. The van der Waals surface area contributed by atoms with E-state index in [0.717, 1.165) is 18.9 Å². The molecular formula is C14H18FNO. The van der Waals surface area contributed by atoms with Crippen LogP contribution in [0.15, 0.2) is 18.2 Å². The minimum atomic E-state index is -0.268. The predicted molar refractivity (Wildman–Crippen MR) is 65.4 cm³/mol. The molecule has 0 bridgehead atoms. The molecule has 0 aliphatic heterocycles. The molecule has 2 nitrogen and oxygen atoms in total. The lowest BCUT2D eigenvalue weighted by Crippen LogP contribution is -2.27. The van der Waals surface area contributed by atoms with E-state index in [-0.39, 0.29) is 11.7 Å². The molecule has 0 spiro atoms. The van der Waals surface area contributed by atoms with Crippen LogP contribution in [0.25, 0.3) is 0 Å². The van der Waals surface area contributed by atoms with Crippen molar-refractivity contribution in [3.63, 3.8) is 0 Å². The van der Waals surface area contributed by atoms with Crippen LogP contribution in [-0.4, -0.2) is 12.5 Å². The molecular weight excluding hydrogens is 217 g/mol. The highest BCUT2D eigenvalue weighted by atomic mass is 19.1. The molecule has 0 radical (unpaired) electrons. The van der Waals surface area contributed by atoms with Gasteiger partial charge in [0, 0.05) is 12.1 Å². The van der Waals surface area contributed by atoms with Gasteiger partial charge in [0.25, 0.3) is 5.91 Å². The molecule has 2 rings (SSSR count). The SMILES string of the molecule is Cc1cc(C(=O)NCCC2CCC2)ccc1F. The fourth-order valence-corrected chi connectivity index (χ4v) is 2.06. The van der Waals surface area contributed by atoms with Gasteiger partial charge >= 0.3 is 0 Å². The van der Waals surface area contributed by atoms with E-state index in [9.17, 15) is 9.18 Å². The van der Waals surface area contributed by atoms with Gasteiger partial charge in [-0.2, -0.15) is 0 Å². The maximum absolute atomic E-state index is 13.0. The second kappa shape index (κ2) is 5.30. The average molecular weight is 235 g/mol. The molecule has 0 atom stereocenters. The maximum Gasteiger partial charge on any atom is 0.251 e. The Bertz CT molecular complexity index is 413. The van der Waals surface area contributed by atoms with Crippen molar-refractivity contribution in [3.05, 3.63) is 35.1 Å². The van der Waals surface area contributed by atoms with Crippen molar-refractivity contribution in [2.24, 2.45) is 5.92 Å². The first-order chi connectivity index (χ1) is 8.16. The molecule has 1 N–H and O–H groups in total. The van der Waals surface area contributed by atoms with Crippen molar-refractivity contribution >= 4 is 5.91 Å². The largest absolute Gasteiger partial charge is 0.352 e. The molecule has 1 aliphatic rings. The second-order valence-electron chi connectivity index (χ2n) is 4.81. The Morgan fingerprint density at radius 1 is 1.47 bits per heavy atom. The standard InChI is InChI=1S/C14H18FNO/c1-10-9-12(5-6-13(10)15)14(17)16-8-7-11-3-2-4-11/h5-6,9,11H,2-4,7-8H2,1H3,(H,16,17). The van der Waals surface area contributed by atoms with Crippen molar-refractivity contribution in [3.8, 4) is 0 Å². The zero-order chi connectivity index (χ0) is 12.3. The first-order valence-electron chi connectivity index (χ1n) is 6.21. The third kappa shape index (κ3) is 3.05. The number of hydrogen-bond donors (Lipinski definition) is 1. The van der Waals surface area contributed by atoms with Crippen molar-refractivity contribution in [2.45, 2.75) is 32.6 Å². The van der Waals surface area contributed by atoms with E-state index in [1.165, 1.54) is 31.4 Å². The summed E-state index contributed by atoms with van der Waals surface area (Å²) in [7, 11) is 0. The number of benzene rings is 1. The van der Waals surface area contributed by atoms with Gasteiger partial charge in [0.1, 0.15) is 5.82 Å². The number of nitrogens with one attached hydrogen (secondary N) is 1. The van der Waals surface area contributed by atoms with E-state index in [4.69, 9.17) is 0 Å². The number of carbonyl (C=O) groups excluding carboxylic acids is 1. The number of hydrogen-bond acceptors (Lipinski definition) is 1. The van der Waals surface area contributed by atoms with E-state index >= 15 is 0 Å². The molecule has 3 heteroatoms. The van der Waals surface area contributed by atoms with Gasteiger partial charge < -0.3 is 5.32 Å². The minimum Gasteiger partial charge on any atom is -0.352 e. The van der Waals surface area contributed by atoms with E-state index in [2.05, 4.69) is 5.32 Å². The molecule has 1 fully saturated rings. The van der Waals surface area contributed by atoms with Gasteiger partial charge in [-0.3, -0.25) is 4.79 Å². The molecule has 0 aromatic heterocycles. The van der Waals surface area contributed by atoms with Gasteiger partial charge in [0.2, 0.25) is 0 Å². The first kappa shape index (κ1) is 12.1. The first-order valence-corrected chi connectivity index (χ1v) is 6.21. The molecule has 0 saturated heterocycles. The maximum atomic E-state index is 13.0. The lowest BCUT2D eigenvalue weighted by molar-refractivity contribution is 0.0949. The Hall–Kier alpha value is -1.38. The summed E-state index contributed by atoms with van der Waals surface area (Å²) in [6.07, 6.45) is 4.98. The van der Waals surface area contributed by atoms with E-state index in [1.807, 2.05) is 0 Å². The van der Waals surface area contributed by atoms with Gasteiger partial charge in [-0.15, -0.1) is 0 Å². The van der Waals surface area contributed by atoms with Crippen LogP contribution in [0.5, 0.6) is 0 Å². The predicted octanol–water partition coefficient (Wildman–Crippen LogP) is 3.05. The number of halogens is 1. The third-order valence-corrected chi connectivity index (χ3v) is 3.48. The van der Waals surface area contributed by atoms with Crippen LogP contribution >= 0.6 is 0 Å². The van der Waals surface area contributed by atoms with Crippen LogP contribution in [0.3, 0.4) is 0 Å². The number of amides is 1. The lowest BCUT2D eigenvalue weighted by atomic mass is 9.83. The normalized spacial score (nSPS) is 15.4. The van der Waals surface area contributed by atoms with E-state index in [1.54, 1.807) is 13.0 Å². The smallest absolute Gasteiger partial charge is 0.251 e. The van der Waals surface area contributed by atoms with Crippen molar-refractivity contribution in [1.29, 1.82) is 0 Å². The van der Waals surface area contributed by atoms with Crippen LogP contribution in [0.1, 0.15) is 41.6 Å². The number of rotatable bonds is 4. The summed E-state index contributed by atoms with van der Waals surface area (Å²) in [5, 5.41) is 2.88. The van der Waals surface area contributed by atoms with Gasteiger partial charge in [0.05, 0.1) is 0 Å². The van der Waals surface area contributed by atoms with E-state index in [0.29, 0.717) is 11.1 Å². The summed E-state index contributed by atoms with van der Waals surface area (Å²) < 4.78 is 13.0. The summed E-state index contributed by atoms with van der Waals surface area (Å²) in [5.74, 6) is 0.425. The fraction of sp³-hybridized carbons (Fsp3) is 0.500. The molecule has 92 valence electrons. The Labute approximate surface area is 101 Å². The lowest BCUT2D eigenvalue weighted by Gasteiger charge is -2.25. The highest BCUT2D eigenvalue weighted by Crippen LogP contribution is 2.28. The zero-order valence-corrected chi connectivity index (χ0v) is 10.1. The Kier molecular flexibility index (Phi) is 3.77. The van der Waals surface area contributed by atoms with Crippen LogP contribution in [0.2, 0.25) is 0 Å².